The van der Waals surface area contributed by atoms with Crippen molar-refractivity contribution < 1.29 is 4.74 Å². The van der Waals surface area contributed by atoms with Gasteiger partial charge in [-0.1, -0.05) is 66.2 Å². The summed E-state index contributed by atoms with van der Waals surface area (Å²) in [6, 6.07) is 27.3. The molecule has 0 saturated carbocycles. The highest BCUT2D eigenvalue weighted by Gasteiger charge is 2.17. The van der Waals surface area contributed by atoms with Gasteiger partial charge in [0.2, 0.25) is 0 Å². The van der Waals surface area contributed by atoms with E-state index in [9.17, 15) is 0 Å². The molecular weight excluding hydrogens is 416 g/mol. The molecule has 1 heterocycles. The average molecular weight is 449 g/mol. The third kappa shape index (κ3) is 6.35. The average Bonchev–Trinajstić information content (AvgIpc) is 2.83. The molecule has 1 unspecified atom stereocenters. The Bertz CT molecular complexity index is 953. The minimum Gasteiger partial charge on any atom is -0.369 e. The number of hydrogen-bond donors (Lipinski definition) is 0. The number of piperazine rings is 1. The Morgan fingerprint density at radius 3 is 2.25 bits per heavy atom. The van der Waals surface area contributed by atoms with Crippen LogP contribution in [0, 0.1) is 6.92 Å². The second-order valence-corrected chi connectivity index (χ2v) is 9.02. The third-order valence-electron chi connectivity index (χ3n) is 6.17. The fourth-order valence-electron chi connectivity index (χ4n) is 4.34. The fourth-order valence-corrected chi connectivity index (χ4v) is 4.47. The Kier molecular flexibility index (Phi) is 8.22. The number of aryl methyl sites for hydroxylation is 1. The molecule has 3 nitrogen and oxygen atoms in total. The minimum absolute atomic E-state index is 0.0497. The molecule has 32 heavy (non-hydrogen) atoms. The Labute approximate surface area is 197 Å². The summed E-state index contributed by atoms with van der Waals surface area (Å²) in [5.41, 5.74) is 5.01. The summed E-state index contributed by atoms with van der Waals surface area (Å²) in [5, 5.41) is 0.753. The molecule has 4 heteroatoms. The zero-order valence-corrected chi connectivity index (χ0v) is 19.7. The van der Waals surface area contributed by atoms with Crippen molar-refractivity contribution in [1.29, 1.82) is 0 Å². The van der Waals surface area contributed by atoms with Crippen LogP contribution in [0.2, 0.25) is 5.02 Å². The second-order valence-electron chi connectivity index (χ2n) is 8.59. The number of anilines is 1. The van der Waals surface area contributed by atoms with Crippen molar-refractivity contribution in [2.45, 2.75) is 25.9 Å². The van der Waals surface area contributed by atoms with Gasteiger partial charge in [0.25, 0.3) is 0 Å². The van der Waals surface area contributed by atoms with E-state index in [1.807, 2.05) is 18.2 Å². The SMILES string of the molecule is Cc1cccc(N2CCN(CCCCOC(c3ccccc3)c3ccc(Cl)cc3)CC2)c1. The van der Waals surface area contributed by atoms with Gasteiger partial charge >= 0.3 is 0 Å². The van der Waals surface area contributed by atoms with E-state index in [-0.39, 0.29) is 6.10 Å². The van der Waals surface area contributed by atoms with Crippen LogP contribution in [-0.2, 0) is 4.74 Å². The summed E-state index contributed by atoms with van der Waals surface area (Å²) < 4.78 is 6.36. The quantitative estimate of drug-likeness (QED) is 0.354. The molecule has 0 spiro atoms. The van der Waals surface area contributed by atoms with Gasteiger partial charge in [-0.15, -0.1) is 0 Å². The van der Waals surface area contributed by atoms with E-state index in [0.717, 1.165) is 62.8 Å². The Balaban J connectivity index is 1.21. The predicted octanol–water partition coefficient (Wildman–Crippen LogP) is 6.36. The highest BCUT2D eigenvalue weighted by atomic mass is 35.5. The zero-order chi connectivity index (χ0) is 22.2. The second kappa shape index (κ2) is 11.5. The number of benzene rings is 3. The molecule has 1 atom stereocenters. The van der Waals surface area contributed by atoms with Crippen LogP contribution in [0.25, 0.3) is 0 Å². The molecule has 3 aromatic rings. The lowest BCUT2D eigenvalue weighted by atomic mass is 10.0. The maximum Gasteiger partial charge on any atom is 0.108 e. The number of hydrogen-bond acceptors (Lipinski definition) is 3. The van der Waals surface area contributed by atoms with Crippen LogP contribution in [0.1, 0.15) is 35.6 Å². The maximum absolute atomic E-state index is 6.36. The molecule has 1 aliphatic rings. The van der Waals surface area contributed by atoms with Crippen LogP contribution in [0.3, 0.4) is 0 Å². The standard InChI is InChI=1S/C28H33ClN2O/c1-23-8-7-11-27(22-23)31-19-17-30(18-20-31)16-5-6-21-32-28(24-9-3-2-4-10-24)25-12-14-26(29)15-13-25/h2-4,7-15,22,28H,5-6,16-21H2,1H3. The summed E-state index contributed by atoms with van der Waals surface area (Å²) in [7, 11) is 0. The van der Waals surface area contributed by atoms with Gasteiger partial charge in [0.05, 0.1) is 0 Å². The molecule has 1 saturated heterocycles. The van der Waals surface area contributed by atoms with E-state index in [2.05, 4.69) is 77.4 Å². The molecule has 0 N–H and O–H groups in total. The fraction of sp³-hybridized carbons (Fsp3) is 0.357. The molecule has 0 amide bonds. The van der Waals surface area contributed by atoms with E-state index in [1.54, 1.807) is 0 Å². The predicted molar refractivity (Wildman–Crippen MR) is 135 cm³/mol. The van der Waals surface area contributed by atoms with Crippen LogP contribution in [0.5, 0.6) is 0 Å². The van der Waals surface area contributed by atoms with Crippen molar-refractivity contribution in [2.24, 2.45) is 0 Å². The summed E-state index contributed by atoms with van der Waals surface area (Å²) in [6.07, 6.45) is 2.17. The molecule has 1 fully saturated rings. The Morgan fingerprint density at radius 1 is 0.812 bits per heavy atom. The number of halogens is 1. The summed E-state index contributed by atoms with van der Waals surface area (Å²) in [6.45, 7) is 8.53. The number of nitrogens with zero attached hydrogens (tertiary/aromatic N) is 2. The van der Waals surface area contributed by atoms with Gasteiger partial charge < -0.3 is 9.64 Å². The van der Waals surface area contributed by atoms with Crippen LogP contribution < -0.4 is 4.90 Å². The van der Waals surface area contributed by atoms with Gasteiger partial charge in [-0.05, 0) is 67.3 Å². The van der Waals surface area contributed by atoms with E-state index in [1.165, 1.54) is 16.8 Å². The van der Waals surface area contributed by atoms with Gasteiger partial charge in [-0.25, -0.2) is 0 Å². The van der Waals surface area contributed by atoms with Gasteiger partial charge in [-0.3, -0.25) is 4.90 Å². The number of rotatable bonds is 9. The van der Waals surface area contributed by atoms with Gasteiger partial charge in [0.1, 0.15) is 6.10 Å². The highest BCUT2D eigenvalue weighted by Crippen LogP contribution is 2.27. The van der Waals surface area contributed by atoms with Crippen molar-refractivity contribution in [3.63, 3.8) is 0 Å². The first-order valence-corrected chi connectivity index (χ1v) is 12.0. The minimum atomic E-state index is -0.0497. The Hall–Kier alpha value is -2.33. The monoisotopic (exact) mass is 448 g/mol. The maximum atomic E-state index is 6.36. The van der Waals surface area contributed by atoms with Crippen molar-refractivity contribution in [1.82, 2.24) is 4.90 Å². The number of ether oxygens (including phenoxy) is 1. The van der Waals surface area contributed by atoms with Crippen molar-refractivity contribution in [2.75, 3.05) is 44.2 Å². The van der Waals surface area contributed by atoms with E-state index >= 15 is 0 Å². The van der Waals surface area contributed by atoms with Gasteiger partial charge in [0, 0.05) is 43.5 Å². The van der Waals surface area contributed by atoms with Crippen LogP contribution in [0.4, 0.5) is 5.69 Å². The summed E-state index contributed by atoms with van der Waals surface area (Å²) in [4.78, 5) is 5.09. The normalized spacial score (nSPS) is 15.6. The lowest BCUT2D eigenvalue weighted by molar-refractivity contribution is 0.0751. The van der Waals surface area contributed by atoms with E-state index in [0.29, 0.717) is 0 Å². The Morgan fingerprint density at radius 2 is 1.53 bits per heavy atom. The molecule has 0 radical (unpaired) electrons. The van der Waals surface area contributed by atoms with Crippen molar-refractivity contribution >= 4 is 17.3 Å². The largest absolute Gasteiger partial charge is 0.369 e. The molecular formula is C28H33ClN2O. The third-order valence-corrected chi connectivity index (χ3v) is 6.42. The molecule has 1 aliphatic heterocycles. The number of unbranched alkanes of at least 4 members (excludes halogenated alkanes) is 1. The molecule has 0 bridgehead atoms. The molecule has 168 valence electrons. The van der Waals surface area contributed by atoms with Crippen molar-refractivity contribution in [3.05, 3.63) is 101 Å². The summed E-state index contributed by atoms with van der Waals surface area (Å²) in [5.74, 6) is 0. The smallest absolute Gasteiger partial charge is 0.108 e. The first-order chi connectivity index (χ1) is 15.7. The highest BCUT2D eigenvalue weighted by molar-refractivity contribution is 6.30. The first kappa shape index (κ1) is 22.8. The summed E-state index contributed by atoms with van der Waals surface area (Å²) >= 11 is 6.08. The van der Waals surface area contributed by atoms with Crippen molar-refractivity contribution in [3.8, 4) is 0 Å². The lowest BCUT2D eigenvalue weighted by Crippen LogP contribution is -2.46. The van der Waals surface area contributed by atoms with E-state index < -0.39 is 0 Å². The van der Waals surface area contributed by atoms with Gasteiger partial charge in [-0.2, -0.15) is 0 Å². The zero-order valence-electron chi connectivity index (χ0n) is 18.9. The lowest BCUT2D eigenvalue weighted by Gasteiger charge is -2.36. The van der Waals surface area contributed by atoms with Crippen LogP contribution >= 0.6 is 11.6 Å². The molecule has 0 aliphatic carbocycles. The molecule has 0 aromatic heterocycles. The first-order valence-electron chi connectivity index (χ1n) is 11.6. The van der Waals surface area contributed by atoms with Crippen LogP contribution in [-0.4, -0.2) is 44.2 Å². The van der Waals surface area contributed by atoms with Gasteiger partial charge in [0.15, 0.2) is 0 Å². The van der Waals surface area contributed by atoms with Crippen LogP contribution in [0.15, 0.2) is 78.9 Å². The molecule has 4 rings (SSSR count). The van der Waals surface area contributed by atoms with E-state index in [4.69, 9.17) is 16.3 Å². The molecule has 3 aromatic carbocycles. The topological polar surface area (TPSA) is 15.7 Å².